The van der Waals surface area contributed by atoms with Crippen molar-refractivity contribution >= 4 is 17.6 Å². The molecule has 6 rings (SSSR count). The first-order chi connectivity index (χ1) is 15.7. The van der Waals surface area contributed by atoms with Crippen LogP contribution in [0.2, 0.25) is 0 Å². The lowest BCUT2D eigenvalue weighted by atomic mass is 10.2. The number of fused-ring (bicyclic) bond motifs is 2. The van der Waals surface area contributed by atoms with Gasteiger partial charge >= 0.3 is 6.18 Å². The molecule has 1 aliphatic heterocycles. The predicted octanol–water partition coefficient (Wildman–Crippen LogP) is 4.80. The number of piperidine rings is 1. The number of alkyl halides is 3. The molecule has 0 spiro atoms. The molecular weight excluding hydrogens is 442 g/mol. The van der Waals surface area contributed by atoms with Crippen molar-refractivity contribution in [3.63, 3.8) is 0 Å². The number of nitrogens with zero attached hydrogens (tertiary/aromatic N) is 2. The molecule has 1 aromatic heterocycles. The van der Waals surface area contributed by atoms with E-state index in [1.165, 1.54) is 18.6 Å². The van der Waals surface area contributed by atoms with Crippen LogP contribution in [0.15, 0.2) is 22.6 Å². The van der Waals surface area contributed by atoms with Crippen molar-refractivity contribution < 1.29 is 31.5 Å². The molecule has 33 heavy (non-hydrogen) atoms. The largest absolute Gasteiger partial charge is 0.487 e. The highest BCUT2D eigenvalue weighted by Gasteiger charge is 2.48. The summed E-state index contributed by atoms with van der Waals surface area (Å²) < 4.78 is 64.9. The van der Waals surface area contributed by atoms with Crippen molar-refractivity contribution in [2.75, 3.05) is 23.3 Å². The van der Waals surface area contributed by atoms with Crippen molar-refractivity contribution in [1.82, 2.24) is 4.98 Å². The second kappa shape index (κ2) is 7.36. The van der Waals surface area contributed by atoms with Gasteiger partial charge in [0.25, 0.3) is 11.9 Å². The lowest BCUT2D eigenvalue weighted by Gasteiger charge is -2.16. The number of hydrogen-bond donors (Lipinski definition) is 1. The summed E-state index contributed by atoms with van der Waals surface area (Å²) in [5.41, 5.74) is -0.335. The van der Waals surface area contributed by atoms with Crippen LogP contribution in [-0.2, 0) is 6.42 Å². The molecule has 4 fully saturated rings. The Labute approximate surface area is 187 Å². The van der Waals surface area contributed by atoms with Crippen LogP contribution in [-0.4, -0.2) is 36.3 Å². The molecule has 10 heteroatoms. The Kier molecular flexibility index (Phi) is 4.64. The molecule has 3 unspecified atom stereocenters. The summed E-state index contributed by atoms with van der Waals surface area (Å²) >= 11 is 0. The van der Waals surface area contributed by atoms with Gasteiger partial charge in [0.05, 0.1) is 6.10 Å². The predicted molar refractivity (Wildman–Crippen MR) is 110 cm³/mol. The van der Waals surface area contributed by atoms with E-state index in [1.807, 2.05) is 0 Å². The topological polar surface area (TPSA) is 67.6 Å². The molecule has 1 saturated heterocycles. The summed E-state index contributed by atoms with van der Waals surface area (Å²) in [7, 11) is 0. The van der Waals surface area contributed by atoms with E-state index in [0.29, 0.717) is 36.8 Å². The summed E-state index contributed by atoms with van der Waals surface area (Å²) in [4.78, 5) is 18.6. The summed E-state index contributed by atoms with van der Waals surface area (Å²) in [6.45, 7) is 1.32. The molecule has 5 atom stereocenters. The number of ether oxygens (including phenoxy) is 1. The van der Waals surface area contributed by atoms with E-state index in [9.17, 15) is 22.4 Å². The standard InChI is InChI=1S/C23H23F4N3O3/c24-17-7-15(1-2-18(17)32-16-5-11-3-12(11)6-16)28-21(31)20-19(8-23(25,26)27)33-22(29-20)30-9-13-4-14(13)10-30/h1-2,7,11-14,16H,3-6,8-10H2,(H,28,31)/t11-,12+,13?,14?,16?. The minimum atomic E-state index is -4.56. The van der Waals surface area contributed by atoms with E-state index in [0.717, 1.165) is 25.3 Å². The van der Waals surface area contributed by atoms with Crippen LogP contribution in [0.5, 0.6) is 5.75 Å². The van der Waals surface area contributed by atoms with Gasteiger partial charge in [0.15, 0.2) is 17.3 Å². The molecule has 1 N–H and O–H groups in total. The number of anilines is 2. The maximum absolute atomic E-state index is 14.5. The Morgan fingerprint density at radius 2 is 1.82 bits per heavy atom. The molecule has 3 saturated carbocycles. The average Bonchev–Trinajstić information content (AvgIpc) is 3.46. The monoisotopic (exact) mass is 465 g/mol. The molecule has 4 aliphatic rings. The van der Waals surface area contributed by atoms with E-state index in [4.69, 9.17) is 9.15 Å². The van der Waals surface area contributed by atoms with E-state index >= 15 is 0 Å². The van der Waals surface area contributed by atoms with Crippen LogP contribution in [0.3, 0.4) is 0 Å². The zero-order valence-corrected chi connectivity index (χ0v) is 17.7. The maximum atomic E-state index is 14.5. The molecule has 3 aliphatic carbocycles. The Morgan fingerprint density at radius 3 is 2.48 bits per heavy atom. The van der Waals surface area contributed by atoms with E-state index in [2.05, 4.69) is 10.3 Å². The second-order valence-electron chi connectivity index (χ2n) is 9.79. The Morgan fingerprint density at radius 1 is 1.12 bits per heavy atom. The van der Waals surface area contributed by atoms with Crippen molar-refractivity contribution in [1.29, 1.82) is 0 Å². The minimum Gasteiger partial charge on any atom is -0.487 e. The first-order valence-corrected chi connectivity index (χ1v) is 11.3. The highest BCUT2D eigenvalue weighted by molar-refractivity contribution is 6.03. The van der Waals surface area contributed by atoms with Gasteiger partial charge in [-0.3, -0.25) is 4.79 Å². The van der Waals surface area contributed by atoms with E-state index in [-0.39, 0.29) is 23.6 Å². The van der Waals surface area contributed by atoms with Gasteiger partial charge in [0.2, 0.25) is 0 Å². The Bertz CT molecular complexity index is 1080. The summed E-state index contributed by atoms with van der Waals surface area (Å²) in [6.07, 6.45) is -1.79. The number of halogens is 4. The Hall–Kier alpha value is -2.78. The van der Waals surface area contributed by atoms with Crippen LogP contribution < -0.4 is 15.0 Å². The summed E-state index contributed by atoms with van der Waals surface area (Å²) in [6, 6.07) is 4.01. The van der Waals surface area contributed by atoms with Gasteiger partial charge in [-0.2, -0.15) is 18.2 Å². The fourth-order valence-corrected chi connectivity index (χ4v) is 5.31. The van der Waals surface area contributed by atoms with Gasteiger partial charge in [-0.15, -0.1) is 0 Å². The van der Waals surface area contributed by atoms with Gasteiger partial charge in [-0.1, -0.05) is 0 Å². The molecule has 176 valence electrons. The number of amides is 1. The molecule has 0 radical (unpaired) electrons. The number of oxazole rings is 1. The lowest BCUT2D eigenvalue weighted by Crippen LogP contribution is -2.22. The number of carbonyl (C=O) groups is 1. The van der Waals surface area contributed by atoms with Crippen molar-refractivity contribution in [2.45, 2.75) is 44.4 Å². The van der Waals surface area contributed by atoms with Gasteiger partial charge in [-0.25, -0.2) is 4.39 Å². The molecule has 2 heterocycles. The van der Waals surface area contributed by atoms with Gasteiger partial charge in [-0.05, 0) is 61.5 Å². The van der Waals surface area contributed by atoms with Crippen LogP contribution in [0.4, 0.5) is 29.3 Å². The third kappa shape index (κ3) is 4.27. The zero-order valence-electron chi connectivity index (χ0n) is 17.7. The normalized spacial score (nSPS) is 29.6. The van der Waals surface area contributed by atoms with Gasteiger partial charge in [0.1, 0.15) is 12.2 Å². The molecule has 2 aromatic rings. The average molecular weight is 465 g/mol. The number of rotatable bonds is 6. The molecular formula is C23H23F4N3O3. The number of carbonyl (C=O) groups excluding carboxylic acids is 1. The van der Waals surface area contributed by atoms with Crippen LogP contribution in [0, 0.1) is 29.5 Å². The van der Waals surface area contributed by atoms with Crippen LogP contribution in [0.25, 0.3) is 0 Å². The van der Waals surface area contributed by atoms with Gasteiger partial charge < -0.3 is 19.4 Å². The second-order valence-corrected chi connectivity index (χ2v) is 9.79. The van der Waals surface area contributed by atoms with Crippen molar-refractivity contribution in [2.24, 2.45) is 23.7 Å². The third-order valence-corrected chi connectivity index (χ3v) is 7.20. The first-order valence-electron chi connectivity index (χ1n) is 11.3. The fraction of sp³-hybridized carbons (Fsp3) is 0.565. The maximum Gasteiger partial charge on any atom is 0.396 e. The highest BCUT2D eigenvalue weighted by atomic mass is 19.4. The Balaban J connectivity index is 1.17. The quantitative estimate of drug-likeness (QED) is 0.621. The van der Waals surface area contributed by atoms with Crippen molar-refractivity contribution in [3.05, 3.63) is 35.5 Å². The highest BCUT2D eigenvalue weighted by Crippen LogP contribution is 2.52. The molecule has 0 bridgehead atoms. The first kappa shape index (κ1) is 20.8. The SMILES string of the molecule is O=C(Nc1ccc(OC2C[C@@H]3C[C@@H]3C2)c(F)c1)c1nc(N2CC3CC3C2)oc1CC(F)(F)F. The molecule has 1 aromatic carbocycles. The minimum absolute atomic E-state index is 0.00112. The zero-order chi connectivity index (χ0) is 22.9. The number of aromatic nitrogens is 1. The summed E-state index contributed by atoms with van der Waals surface area (Å²) in [5.74, 6) is 0.461. The van der Waals surface area contributed by atoms with Crippen LogP contribution in [0.1, 0.15) is 41.9 Å². The van der Waals surface area contributed by atoms with E-state index < -0.39 is 35.8 Å². The lowest BCUT2D eigenvalue weighted by molar-refractivity contribution is -0.130. The molecule has 6 nitrogen and oxygen atoms in total. The van der Waals surface area contributed by atoms with Gasteiger partial charge in [0, 0.05) is 24.8 Å². The number of nitrogens with one attached hydrogen (secondary N) is 1. The third-order valence-electron chi connectivity index (χ3n) is 7.20. The fourth-order valence-electron chi connectivity index (χ4n) is 5.31. The summed E-state index contributed by atoms with van der Waals surface area (Å²) in [5, 5.41) is 2.44. The smallest absolute Gasteiger partial charge is 0.396 e. The molecule has 1 amide bonds. The van der Waals surface area contributed by atoms with Crippen molar-refractivity contribution in [3.8, 4) is 5.75 Å². The van der Waals surface area contributed by atoms with E-state index in [1.54, 1.807) is 4.90 Å². The van der Waals surface area contributed by atoms with Crippen LogP contribution >= 0.6 is 0 Å². The number of benzene rings is 1. The number of hydrogen-bond acceptors (Lipinski definition) is 5.